The molecular weight excluding hydrogens is 212 g/mol. The van der Waals surface area contributed by atoms with Gasteiger partial charge in [0.15, 0.2) is 0 Å². The number of benzene rings is 1. The summed E-state index contributed by atoms with van der Waals surface area (Å²) in [6.07, 6.45) is 5.91. The molecule has 0 aromatic heterocycles. The highest BCUT2D eigenvalue weighted by Crippen LogP contribution is 2.14. The number of rotatable bonds is 4. The fourth-order valence-corrected chi connectivity index (χ4v) is 1.45. The first-order valence-corrected chi connectivity index (χ1v) is 5.44. The van der Waals surface area contributed by atoms with Gasteiger partial charge in [0.25, 0.3) is 0 Å². The third-order valence-corrected chi connectivity index (χ3v) is 2.45. The van der Waals surface area contributed by atoms with Gasteiger partial charge in [-0.1, -0.05) is 43.2 Å². The lowest BCUT2D eigenvalue weighted by atomic mass is 9.99. The van der Waals surface area contributed by atoms with E-state index in [2.05, 4.69) is 11.2 Å². The SMILES string of the molecule is C#CC(CC)NC(=O)C(C#N)c1ccccc1. The first kappa shape index (κ1) is 12.8. The third-order valence-electron chi connectivity index (χ3n) is 2.45. The Kier molecular flexibility index (Phi) is 4.78. The molecule has 0 aliphatic rings. The summed E-state index contributed by atoms with van der Waals surface area (Å²) in [5.74, 6) is 1.32. The van der Waals surface area contributed by atoms with Crippen LogP contribution in [0.5, 0.6) is 0 Å². The number of amides is 1. The van der Waals surface area contributed by atoms with Crippen LogP contribution in [0, 0.1) is 23.7 Å². The number of carbonyl (C=O) groups is 1. The zero-order valence-corrected chi connectivity index (χ0v) is 9.68. The molecule has 0 bridgehead atoms. The molecule has 0 spiro atoms. The van der Waals surface area contributed by atoms with Crippen LogP contribution in [0.1, 0.15) is 24.8 Å². The number of hydrogen-bond acceptors (Lipinski definition) is 2. The monoisotopic (exact) mass is 226 g/mol. The third kappa shape index (κ3) is 3.36. The molecule has 3 nitrogen and oxygen atoms in total. The lowest BCUT2D eigenvalue weighted by Crippen LogP contribution is -2.36. The Bertz CT molecular complexity index is 453. The van der Waals surface area contributed by atoms with E-state index in [0.29, 0.717) is 12.0 Å². The highest BCUT2D eigenvalue weighted by Gasteiger charge is 2.21. The normalized spacial score (nSPS) is 12.9. The Balaban J connectivity index is 2.80. The number of carbonyl (C=O) groups excluding carboxylic acids is 1. The van der Waals surface area contributed by atoms with Gasteiger partial charge in [-0.3, -0.25) is 4.79 Å². The molecule has 86 valence electrons. The Hall–Kier alpha value is -2.26. The maximum atomic E-state index is 11.9. The van der Waals surface area contributed by atoms with Gasteiger partial charge in [-0.15, -0.1) is 6.42 Å². The maximum Gasteiger partial charge on any atom is 0.242 e. The van der Waals surface area contributed by atoms with Crippen molar-refractivity contribution in [3.8, 4) is 18.4 Å². The Morgan fingerprint density at radius 2 is 2.12 bits per heavy atom. The lowest BCUT2D eigenvalue weighted by Gasteiger charge is -2.14. The van der Waals surface area contributed by atoms with E-state index in [1.807, 2.05) is 19.1 Å². The van der Waals surface area contributed by atoms with Crippen molar-refractivity contribution >= 4 is 5.91 Å². The number of terminal acetylenes is 1. The van der Waals surface area contributed by atoms with Gasteiger partial charge in [0.1, 0.15) is 5.92 Å². The van der Waals surface area contributed by atoms with Gasteiger partial charge >= 0.3 is 0 Å². The van der Waals surface area contributed by atoms with E-state index in [1.54, 1.807) is 24.3 Å². The van der Waals surface area contributed by atoms with E-state index in [-0.39, 0.29) is 11.9 Å². The fourth-order valence-electron chi connectivity index (χ4n) is 1.45. The van der Waals surface area contributed by atoms with E-state index >= 15 is 0 Å². The average Bonchev–Trinajstić information content (AvgIpc) is 2.38. The predicted octanol–water partition coefficient (Wildman–Crippen LogP) is 1.82. The van der Waals surface area contributed by atoms with Crippen LogP contribution >= 0.6 is 0 Å². The van der Waals surface area contributed by atoms with Crippen LogP contribution in [-0.4, -0.2) is 11.9 Å². The number of nitrogens with one attached hydrogen (secondary N) is 1. The first-order chi connectivity index (χ1) is 8.22. The van der Waals surface area contributed by atoms with Crippen molar-refractivity contribution < 1.29 is 4.79 Å². The van der Waals surface area contributed by atoms with Crippen molar-refractivity contribution in [1.29, 1.82) is 5.26 Å². The van der Waals surface area contributed by atoms with Crippen LogP contribution in [0.15, 0.2) is 30.3 Å². The predicted molar refractivity (Wildman–Crippen MR) is 65.9 cm³/mol. The molecule has 2 unspecified atom stereocenters. The van der Waals surface area contributed by atoms with Crippen molar-refractivity contribution in [3.63, 3.8) is 0 Å². The zero-order valence-electron chi connectivity index (χ0n) is 9.68. The highest BCUT2D eigenvalue weighted by molar-refractivity contribution is 5.86. The molecule has 17 heavy (non-hydrogen) atoms. The largest absolute Gasteiger partial charge is 0.341 e. The fraction of sp³-hybridized carbons (Fsp3) is 0.286. The summed E-state index contributed by atoms with van der Waals surface area (Å²) in [5.41, 5.74) is 0.680. The van der Waals surface area contributed by atoms with Crippen molar-refractivity contribution in [2.45, 2.75) is 25.3 Å². The van der Waals surface area contributed by atoms with E-state index in [9.17, 15) is 4.79 Å². The number of hydrogen-bond donors (Lipinski definition) is 1. The van der Waals surface area contributed by atoms with E-state index < -0.39 is 5.92 Å². The van der Waals surface area contributed by atoms with E-state index in [1.165, 1.54) is 0 Å². The molecule has 1 amide bonds. The minimum atomic E-state index is -0.807. The minimum absolute atomic E-state index is 0.318. The molecule has 1 rings (SSSR count). The molecule has 0 saturated carbocycles. The van der Waals surface area contributed by atoms with Crippen LogP contribution in [0.4, 0.5) is 0 Å². The molecule has 3 heteroatoms. The molecule has 0 aliphatic heterocycles. The number of nitriles is 1. The van der Waals surface area contributed by atoms with Gasteiger partial charge < -0.3 is 5.32 Å². The number of nitrogens with zero attached hydrogens (tertiary/aromatic N) is 1. The summed E-state index contributed by atoms with van der Waals surface area (Å²) in [7, 11) is 0. The smallest absolute Gasteiger partial charge is 0.242 e. The van der Waals surface area contributed by atoms with Crippen molar-refractivity contribution in [3.05, 3.63) is 35.9 Å². The molecule has 2 atom stereocenters. The van der Waals surface area contributed by atoms with Crippen LogP contribution in [0.2, 0.25) is 0 Å². The Morgan fingerprint density at radius 3 is 2.59 bits per heavy atom. The average molecular weight is 226 g/mol. The zero-order chi connectivity index (χ0) is 12.7. The van der Waals surface area contributed by atoms with Crippen molar-refractivity contribution in [1.82, 2.24) is 5.32 Å². The second-order valence-corrected chi connectivity index (χ2v) is 3.61. The van der Waals surface area contributed by atoms with E-state index in [4.69, 9.17) is 11.7 Å². The Labute approximate surface area is 101 Å². The molecule has 1 aromatic rings. The van der Waals surface area contributed by atoms with Gasteiger partial charge in [0, 0.05) is 0 Å². The van der Waals surface area contributed by atoms with Crippen molar-refractivity contribution in [2.24, 2.45) is 0 Å². The van der Waals surface area contributed by atoms with E-state index in [0.717, 1.165) is 0 Å². The second-order valence-electron chi connectivity index (χ2n) is 3.61. The molecule has 1 aromatic carbocycles. The summed E-state index contributed by atoms with van der Waals surface area (Å²) < 4.78 is 0. The van der Waals surface area contributed by atoms with Crippen LogP contribution in [-0.2, 0) is 4.79 Å². The summed E-state index contributed by atoms with van der Waals surface area (Å²) in [5, 5.41) is 11.7. The summed E-state index contributed by atoms with van der Waals surface area (Å²) in [6, 6.07) is 10.6. The van der Waals surface area contributed by atoms with Gasteiger partial charge in [-0.25, -0.2) is 0 Å². The molecule has 0 aliphatic carbocycles. The summed E-state index contributed by atoms with van der Waals surface area (Å²) in [6.45, 7) is 1.88. The van der Waals surface area contributed by atoms with Gasteiger partial charge in [-0.05, 0) is 12.0 Å². The van der Waals surface area contributed by atoms with Crippen LogP contribution < -0.4 is 5.32 Å². The highest BCUT2D eigenvalue weighted by atomic mass is 16.1. The molecule has 0 saturated heterocycles. The van der Waals surface area contributed by atoms with Crippen LogP contribution in [0.25, 0.3) is 0 Å². The Morgan fingerprint density at radius 1 is 1.47 bits per heavy atom. The molecule has 1 N–H and O–H groups in total. The van der Waals surface area contributed by atoms with Crippen LogP contribution in [0.3, 0.4) is 0 Å². The van der Waals surface area contributed by atoms with Gasteiger partial charge in [-0.2, -0.15) is 5.26 Å². The standard InChI is InChI=1S/C14H14N2O/c1-3-12(4-2)16-14(17)13(10-15)11-8-6-5-7-9-11/h1,5-9,12-13H,4H2,2H3,(H,16,17). The lowest BCUT2D eigenvalue weighted by molar-refractivity contribution is -0.121. The molecule has 0 radical (unpaired) electrons. The molecule has 0 heterocycles. The summed E-state index contributed by atoms with van der Waals surface area (Å²) in [4.78, 5) is 11.9. The van der Waals surface area contributed by atoms with Crippen molar-refractivity contribution in [2.75, 3.05) is 0 Å². The first-order valence-electron chi connectivity index (χ1n) is 5.44. The minimum Gasteiger partial charge on any atom is -0.341 e. The molecular formula is C14H14N2O. The maximum absolute atomic E-state index is 11.9. The van der Waals surface area contributed by atoms with Gasteiger partial charge in [0.05, 0.1) is 12.1 Å². The summed E-state index contributed by atoms with van der Waals surface area (Å²) >= 11 is 0. The molecule has 0 fully saturated rings. The quantitative estimate of drug-likeness (QED) is 0.796. The van der Waals surface area contributed by atoms with Gasteiger partial charge in [0.2, 0.25) is 5.91 Å². The topological polar surface area (TPSA) is 52.9 Å². The second kappa shape index (κ2) is 6.35.